The fourth-order valence-corrected chi connectivity index (χ4v) is 5.01. The molecule has 0 bridgehead atoms. The van der Waals surface area contributed by atoms with Gasteiger partial charge in [0.05, 0.1) is 5.75 Å². The van der Waals surface area contributed by atoms with Gasteiger partial charge in [-0.05, 0) is 53.9 Å². The summed E-state index contributed by atoms with van der Waals surface area (Å²) < 4.78 is 0.935. The minimum atomic E-state index is -0.619. The molecule has 0 saturated carbocycles. The zero-order valence-corrected chi connectivity index (χ0v) is 22.9. The van der Waals surface area contributed by atoms with Crippen molar-refractivity contribution in [3.63, 3.8) is 0 Å². The maximum absolute atomic E-state index is 13.6. The van der Waals surface area contributed by atoms with Crippen LogP contribution in [0.15, 0.2) is 88.2 Å². The largest absolute Gasteiger partial charge is 0.354 e. The fraction of sp³-hybridized carbons (Fsp3) is 0.286. The minimum Gasteiger partial charge on any atom is -0.354 e. The number of amides is 2. The van der Waals surface area contributed by atoms with Crippen molar-refractivity contribution in [3.05, 3.63) is 99.5 Å². The number of nitrogens with one attached hydrogen (secondary N) is 1. The molecule has 1 N–H and O–H groups in total. The first kappa shape index (κ1) is 27.3. The zero-order valence-electron chi connectivity index (χ0n) is 19.8. The second-order valence-corrected chi connectivity index (χ2v) is 10.6. The molecule has 3 aromatic carbocycles. The van der Waals surface area contributed by atoms with Crippen LogP contribution in [0.25, 0.3) is 0 Å². The van der Waals surface area contributed by atoms with Crippen molar-refractivity contribution in [1.82, 2.24) is 10.2 Å². The molecule has 0 aliphatic carbocycles. The van der Waals surface area contributed by atoms with E-state index in [2.05, 4.69) is 28.2 Å². The summed E-state index contributed by atoms with van der Waals surface area (Å²) in [5.41, 5.74) is 1.98. The van der Waals surface area contributed by atoms with Crippen LogP contribution in [0.4, 0.5) is 0 Å². The molecule has 0 aliphatic rings. The predicted molar refractivity (Wildman–Crippen MR) is 149 cm³/mol. The van der Waals surface area contributed by atoms with Gasteiger partial charge in [0.15, 0.2) is 0 Å². The van der Waals surface area contributed by atoms with Crippen LogP contribution in [0.5, 0.6) is 0 Å². The molecule has 0 unspecified atom stereocenters. The second kappa shape index (κ2) is 14.3. The van der Waals surface area contributed by atoms with E-state index < -0.39 is 6.04 Å². The van der Waals surface area contributed by atoms with Crippen molar-refractivity contribution in [2.75, 3.05) is 12.3 Å². The third-order valence-electron chi connectivity index (χ3n) is 5.52. The summed E-state index contributed by atoms with van der Waals surface area (Å²) in [4.78, 5) is 29.7. The molecule has 3 aromatic rings. The Morgan fingerprint density at radius 2 is 1.71 bits per heavy atom. The molecule has 0 fully saturated rings. The minimum absolute atomic E-state index is 0.0866. The Morgan fingerprint density at radius 1 is 1.00 bits per heavy atom. The van der Waals surface area contributed by atoms with E-state index in [1.165, 1.54) is 11.8 Å². The number of halogens is 2. The molecule has 0 spiro atoms. The van der Waals surface area contributed by atoms with Crippen LogP contribution in [0, 0.1) is 0 Å². The second-order valence-electron chi connectivity index (χ2n) is 8.24. The van der Waals surface area contributed by atoms with E-state index in [4.69, 9.17) is 11.6 Å². The normalized spacial score (nSPS) is 11.6. The van der Waals surface area contributed by atoms with Crippen molar-refractivity contribution in [2.24, 2.45) is 0 Å². The van der Waals surface area contributed by atoms with E-state index in [0.29, 0.717) is 24.5 Å². The van der Waals surface area contributed by atoms with Crippen LogP contribution in [0.3, 0.4) is 0 Å². The average Bonchev–Trinajstić information content (AvgIpc) is 2.86. The number of hydrogen-bond acceptors (Lipinski definition) is 3. The Hall–Kier alpha value is -2.28. The van der Waals surface area contributed by atoms with E-state index in [9.17, 15) is 9.59 Å². The summed E-state index contributed by atoms with van der Waals surface area (Å²) in [6.07, 6.45) is 2.34. The average molecular weight is 574 g/mol. The molecular weight excluding hydrogens is 544 g/mol. The molecule has 1 atom stereocenters. The zero-order chi connectivity index (χ0) is 25.0. The van der Waals surface area contributed by atoms with Crippen LogP contribution < -0.4 is 5.32 Å². The van der Waals surface area contributed by atoms with Crippen LogP contribution in [0.2, 0.25) is 5.02 Å². The number of nitrogens with zero attached hydrogens (tertiary/aromatic N) is 1. The summed E-state index contributed by atoms with van der Waals surface area (Å²) in [5, 5.41) is 3.71. The molecule has 0 radical (unpaired) electrons. The van der Waals surface area contributed by atoms with E-state index in [0.717, 1.165) is 33.3 Å². The first-order valence-electron chi connectivity index (χ1n) is 11.7. The third kappa shape index (κ3) is 9.02. The SMILES string of the molecule is CCCCNC(=O)[C@H](Cc1ccccc1)N(Cc1cccc(Br)c1)C(=O)CSc1ccc(Cl)cc1. The summed E-state index contributed by atoms with van der Waals surface area (Å²) in [6.45, 7) is 3.03. The third-order valence-corrected chi connectivity index (χ3v) is 7.26. The maximum atomic E-state index is 13.6. The molecule has 0 aliphatic heterocycles. The molecule has 0 heterocycles. The van der Waals surface area contributed by atoms with Gasteiger partial charge in [-0.15, -0.1) is 11.8 Å². The summed E-state index contributed by atoms with van der Waals surface area (Å²) >= 11 is 11.0. The number of hydrogen-bond donors (Lipinski definition) is 1. The maximum Gasteiger partial charge on any atom is 0.243 e. The van der Waals surface area contributed by atoms with Crippen LogP contribution in [-0.4, -0.2) is 35.1 Å². The summed E-state index contributed by atoms with van der Waals surface area (Å²) in [6, 6.07) is 24.5. The summed E-state index contributed by atoms with van der Waals surface area (Å²) in [5.74, 6) is 0.0158. The molecule has 2 amide bonds. The number of benzene rings is 3. The fourth-order valence-electron chi connectivity index (χ4n) is 3.65. The Morgan fingerprint density at radius 3 is 2.40 bits per heavy atom. The summed E-state index contributed by atoms with van der Waals surface area (Å²) in [7, 11) is 0. The van der Waals surface area contributed by atoms with Crippen LogP contribution >= 0.6 is 39.3 Å². The number of rotatable bonds is 12. The van der Waals surface area contributed by atoms with Crippen molar-refractivity contribution in [2.45, 2.75) is 43.7 Å². The Kier molecular flexibility index (Phi) is 11.2. The van der Waals surface area contributed by atoms with Gasteiger partial charge in [0.1, 0.15) is 6.04 Å². The lowest BCUT2D eigenvalue weighted by Gasteiger charge is -2.31. The quantitative estimate of drug-likeness (QED) is 0.193. The Balaban J connectivity index is 1.87. The highest BCUT2D eigenvalue weighted by atomic mass is 79.9. The lowest BCUT2D eigenvalue weighted by Crippen LogP contribution is -2.51. The Bertz CT molecular complexity index is 1100. The van der Waals surface area contributed by atoms with Gasteiger partial charge in [-0.2, -0.15) is 0 Å². The lowest BCUT2D eigenvalue weighted by molar-refractivity contribution is -0.139. The molecule has 0 aromatic heterocycles. The first-order chi connectivity index (χ1) is 17.0. The van der Waals surface area contributed by atoms with Gasteiger partial charge in [0.2, 0.25) is 11.8 Å². The Labute approximate surface area is 225 Å². The molecule has 7 heteroatoms. The molecular formula is C28H30BrClN2O2S. The highest BCUT2D eigenvalue weighted by Gasteiger charge is 2.30. The number of carbonyl (C=O) groups is 2. The highest BCUT2D eigenvalue weighted by Crippen LogP contribution is 2.23. The van der Waals surface area contributed by atoms with Gasteiger partial charge in [0.25, 0.3) is 0 Å². The topological polar surface area (TPSA) is 49.4 Å². The molecule has 35 heavy (non-hydrogen) atoms. The van der Waals surface area contributed by atoms with Crippen LogP contribution in [-0.2, 0) is 22.6 Å². The van der Waals surface area contributed by atoms with E-state index in [1.807, 2.05) is 78.9 Å². The highest BCUT2D eigenvalue weighted by molar-refractivity contribution is 9.10. The van der Waals surface area contributed by atoms with E-state index in [1.54, 1.807) is 4.90 Å². The van der Waals surface area contributed by atoms with E-state index in [-0.39, 0.29) is 17.6 Å². The van der Waals surface area contributed by atoms with Gasteiger partial charge in [0, 0.05) is 33.9 Å². The molecule has 184 valence electrons. The number of thioether (sulfide) groups is 1. The van der Waals surface area contributed by atoms with Gasteiger partial charge in [-0.1, -0.05) is 83.3 Å². The van der Waals surface area contributed by atoms with Gasteiger partial charge < -0.3 is 10.2 Å². The predicted octanol–water partition coefficient (Wildman–Crippen LogP) is 6.75. The molecule has 4 nitrogen and oxygen atoms in total. The lowest BCUT2D eigenvalue weighted by atomic mass is 10.0. The van der Waals surface area contributed by atoms with Crippen molar-refractivity contribution in [1.29, 1.82) is 0 Å². The van der Waals surface area contributed by atoms with Gasteiger partial charge >= 0.3 is 0 Å². The van der Waals surface area contributed by atoms with Crippen molar-refractivity contribution in [3.8, 4) is 0 Å². The number of unbranched alkanes of at least 4 members (excludes halogenated alkanes) is 1. The molecule has 0 saturated heterocycles. The molecule has 3 rings (SSSR count). The first-order valence-corrected chi connectivity index (χ1v) is 13.9. The standard InChI is InChI=1S/C28H30BrClN2O2S/c1-2-3-16-31-28(34)26(18-21-8-5-4-6-9-21)32(19-22-10-7-11-23(29)17-22)27(33)20-35-25-14-12-24(30)13-15-25/h4-15,17,26H,2-3,16,18-20H2,1H3,(H,31,34)/t26-/m0/s1. The van der Waals surface area contributed by atoms with Crippen molar-refractivity contribution >= 4 is 51.1 Å². The van der Waals surface area contributed by atoms with Crippen LogP contribution in [0.1, 0.15) is 30.9 Å². The van der Waals surface area contributed by atoms with E-state index >= 15 is 0 Å². The monoisotopic (exact) mass is 572 g/mol. The smallest absolute Gasteiger partial charge is 0.243 e. The van der Waals surface area contributed by atoms with Gasteiger partial charge in [-0.3, -0.25) is 9.59 Å². The number of carbonyl (C=O) groups excluding carboxylic acids is 2. The van der Waals surface area contributed by atoms with Gasteiger partial charge in [-0.25, -0.2) is 0 Å². The van der Waals surface area contributed by atoms with Crippen molar-refractivity contribution < 1.29 is 9.59 Å².